The number of oxime groups is 1. The van der Waals surface area contributed by atoms with Gasteiger partial charge >= 0.3 is 0 Å². The third kappa shape index (κ3) is 7.40. The fourth-order valence-corrected chi connectivity index (χ4v) is 2.85. The number of amides is 2. The minimum absolute atomic E-state index is 0.0438. The van der Waals surface area contributed by atoms with Crippen LogP contribution in [0.1, 0.15) is 32.8 Å². The maximum atomic E-state index is 12.7. The summed E-state index contributed by atoms with van der Waals surface area (Å²) in [6, 6.07) is 16.6. The Labute approximate surface area is 181 Å². The van der Waals surface area contributed by atoms with E-state index in [2.05, 4.69) is 10.5 Å². The minimum atomic E-state index is -0.402. The van der Waals surface area contributed by atoms with Crippen molar-refractivity contribution in [2.75, 3.05) is 11.9 Å². The number of anilines is 1. The third-order valence-corrected chi connectivity index (χ3v) is 4.48. The summed E-state index contributed by atoms with van der Waals surface area (Å²) < 4.78 is 0. The molecular formula is C22H27ClN4O3. The van der Waals surface area contributed by atoms with E-state index < -0.39 is 5.54 Å². The largest absolute Gasteiger partial charge is 0.384 e. The van der Waals surface area contributed by atoms with Gasteiger partial charge in [0.25, 0.3) is 5.91 Å². The highest BCUT2D eigenvalue weighted by atomic mass is 35.5. The van der Waals surface area contributed by atoms with Crippen molar-refractivity contribution in [3.63, 3.8) is 0 Å². The number of halogens is 1. The second-order valence-corrected chi connectivity index (χ2v) is 8.10. The zero-order valence-electron chi connectivity index (χ0n) is 17.4. The van der Waals surface area contributed by atoms with E-state index in [-0.39, 0.29) is 30.7 Å². The lowest BCUT2D eigenvalue weighted by molar-refractivity contribution is -0.141. The van der Waals surface area contributed by atoms with E-state index in [1.165, 1.54) is 0 Å². The molecule has 8 heteroatoms. The number of nitrogens with one attached hydrogen (secondary N) is 1. The molecule has 2 rings (SSSR count). The van der Waals surface area contributed by atoms with Crippen molar-refractivity contribution >= 4 is 34.9 Å². The number of hydrogen-bond acceptors (Lipinski definition) is 4. The summed E-state index contributed by atoms with van der Waals surface area (Å²) in [4.78, 5) is 31.5. The van der Waals surface area contributed by atoms with Crippen molar-refractivity contribution in [3.05, 3.63) is 65.2 Å². The number of benzene rings is 2. The molecule has 0 unspecified atom stereocenters. The maximum Gasteiger partial charge on any atom is 0.264 e. The number of para-hydroxylation sites is 1. The number of nitrogens with two attached hydrogens (primary N) is 1. The number of rotatable bonds is 8. The summed E-state index contributed by atoms with van der Waals surface area (Å²) in [6.45, 7) is 6.02. The van der Waals surface area contributed by atoms with Crippen molar-refractivity contribution in [1.82, 2.24) is 4.90 Å². The van der Waals surface area contributed by atoms with Crippen LogP contribution in [0.3, 0.4) is 0 Å². The predicted molar refractivity (Wildman–Crippen MR) is 119 cm³/mol. The Morgan fingerprint density at radius 2 is 1.73 bits per heavy atom. The molecule has 0 atom stereocenters. The second kappa shape index (κ2) is 10.6. The summed E-state index contributed by atoms with van der Waals surface area (Å²) in [5, 5.41) is 6.76. The summed E-state index contributed by atoms with van der Waals surface area (Å²) in [6.07, 6.45) is -0.188. The number of hydrogen-bond donors (Lipinski definition) is 2. The molecule has 0 spiro atoms. The van der Waals surface area contributed by atoms with Crippen molar-refractivity contribution in [1.29, 1.82) is 0 Å². The van der Waals surface area contributed by atoms with Gasteiger partial charge in [0, 0.05) is 12.1 Å². The first-order chi connectivity index (χ1) is 14.2. The van der Waals surface area contributed by atoms with Crippen LogP contribution < -0.4 is 11.1 Å². The van der Waals surface area contributed by atoms with E-state index in [0.717, 1.165) is 5.56 Å². The van der Waals surface area contributed by atoms with Gasteiger partial charge in [-0.15, -0.1) is 0 Å². The third-order valence-electron chi connectivity index (χ3n) is 4.15. The number of carbonyl (C=O) groups excluding carboxylic acids is 2. The molecule has 2 aromatic carbocycles. The molecule has 30 heavy (non-hydrogen) atoms. The van der Waals surface area contributed by atoms with Gasteiger partial charge in [-0.2, -0.15) is 0 Å². The summed E-state index contributed by atoms with van der Waals surface area (Å²) in [5.74, 6) is -0.666. The normalized spacial score (nSPS) is 11.7. The van der Waals surface area contributed by atoms with Gasteiger partial charge in [0.15, 0.2) is 6.61 Å². The molecule has 0 radical (unpaired) electrons. The molecule has 0 bridgehead atoms. The lowest BCUT2D eigenvalue weighted by atomic mass is 10.0. The van der Waals surface area contributed by atoms with E-state index in [1.54, 1.807) is 29.2 Å². The van der Waals surface area contributed by atoms with Gasteiger partial charge in [-0.05, 0) is 38.5 Å². The first kappa shape index (κ1) is 23.2. The molecule has 160 valence electrons. The monoisotopic (exact) mass is 430 g/mol. The van der Waals surface area contributed by atoms with Gasteiger partial charge in [0.05, 0.1) is 17.1 Å². The molecule has 3 N–H and O–H groups in total. The predicted octanol–water partition coefficient (Wildman–Crippen LogP) is 3.78. The molecule has 7 nitrogen and oxygen atoms in total. The van der Waals surface area contributed by atoms with Crippen LogP contribution >= 0.6 is 11.6 Å². The summed E-state index contributed by atoms with van der Waals surface area (Å²) in [7, 11) is 0. The zero-order chi connectivity index (χ0) is 22.1. The smallest absolute Gasteiger partial charge is 0.264 e. The maximum absolute atomic E-state index is 12.7. The van der Waals surface area contributed by atoms with Gasteiger partial charge in [0.2, 0.25) is 5.91 Å². The lowest BCUT2D eigenvalue weighted by Gasteiger charge is -2.35. The van der Waals surface area contributed by atoms with Crippen molar-refractivity contribution in [2.45, 2.75) is 39.3 Å². The Morgan fingerprint density at radius 3 is 2.37 bits per heavy atom. The number of nitrogens with zero attached hydrogens (tertiary/aromatic N) is 2. The van der Waals surface area contributed by atoms with Crippen molar-refractivity contribution in [3.8, 4) is 0 Å². The molecule has 0 fully saturated rings. The molecule has 0 saturated carbocycles. The Balaban J connectivity index is 1.89. The topological polar surface area (TPSA) is 97.0 Å². The highest BCUT2D eigenvalue weighted by Gasteiger charge is 2.26. The highest BCUT2D eigenvalue weighted by molar-refractivity contribution is 6.33. The SMILES string of the molecule is CC(C)(C)N(Cc1ccccc1)C(=O)CO/N=C(/N)CC(=O)Nc1ccccc1Cl. The van der Waals surface area contributed by atoms with Crippen LogP contribution in [-0.4, -0.2) is 34.7 Å². The van der Waals surface area contributed by atoms with Crippen LogP contribution in [0.4, 0.5) is 5.69 Å². The van der Waals surface area contributed by atoms with Crippen LogP contribution in [-0.2, 0) is 21.0 Å². The number of amidine groups is 1. The van der Waals surface area contributed by atoms with E-state index in [1.807, 2.05) is 51.1 Å². The molecule has 0 aliphatic rings. The van der Waals surface area contributed by atoms with Gasteiger partial charge in [-0.1, -0.05) is 59.2 Å². The van der Waals surface area contributed by atoms with Crippen molar-refractivity contribution < 1.29 is 14.4 Å². The molecular weight excluding hydrogens is 404 g/mol. The molecule has 0 saturated heterocycles. The van der Waals surface area contributed by atoms with Crippen LogP contribution in [0.5, 0.6) is 0 Å². The van der Waals surface area contributed by atoms with Gasteiger partial charge < -0.3 is 20.8 Å². The standard InChI is InChI=1S/C22H27ClN4O3/c1-22(2,3)27(14-16-9-5-4-6-10-16)21(29)15-30-26-19(24)13-20(28)25-18-12-8-7-11-17(18)23/h4-12H,13-15H2,1-3H3,(H2,24,26)(H,25,28). The van der Waals surface area contributed by atoms with Gasteiger partial charge in [-0.25, -0.2) is 0 Å². The molecule has 0 aliphatic heterocycles. The van der Waals surface area contributed by atoms with Crippen LogP contribution in [0.25, 0.3) is 0 Å². The van der Waals surface area contributed by atoms with Crippen LogP contribution in [0.2, 0.25) is 5.02 Å². The van der Waals surface area contributed by atoms with Crippen molar-refractivity contribution in [2.24, 2.45) is 10.9 Å². The van der Waals surface area contributed by atoms with Crippen LogP contribution in [0.15, 0.2) is 59.8 Å². The van der Waals surface area contributed by atoms with Gasteiger partial charge in [0.1, 0.15) is 5.84 Å². The quantitative estimate of drug-likeness (QED) is 0.378. The van der Waals surface area contributed by atoms with E-state index in [9.17, 15) is 9.59 Å². The minimum Gasteiger partial charge on any atom is -0.384 e. The molecule has 2 amide bonds. The Kier molecular flexibility index (Phi) is 8.24. The fraction of sp³-hybridized carbons (Fsp3) is 0.318. The Bertz CT molecular complexity index is 895. The van der Waals surface area contributed by atoms with E-state index in [4.69, 9.17) is 22.2 Å². The molecule has 0 heterocycles. The Morgan fingerprint density at radius 1 is 1.10 bits per heavy atom. The van der Waals surface area contributed by atoms with Crippen LogP contribution in [0, 0.1) is 0 Å². The first-order valence-corrected chi connectivity index (χ1v) is 9.87. The van der Waals surface area contributed by atoms with Gasteiger partial charge in [-0.3, -0.25) is 9.59 Å². The molecule has 0 aliphatic carbocycles. The summed E-state index contributed by atoms with van der Waals surface area (Å²) >= 11 is 6.00. The Hall–Kier alpha value is -3.06. The van der Waals surface area contributed by atoms with E-state index in [0.29, 0.717) is 17.3 Å². The van der Waals surface area contributed by atoms with E-state index >= 15 is 0 Å². The summed E-state index contributed by atoms with van der Waals surface area (Å²) in [5.41, 5.74) is 6.84. The lowest BCUT2D eigenvalue weighted by Crippen LogP contribution is -2.46. The average Bonchev–Trinajstić information content (AvgIpc) is 2.67. The number of carbonyl (C=O) groups is 2. The zero-order valence-corrected chi connectivity index (χ0v) is 18.1. The fourth-order valence-electron chi connectivity index (χ4n) is 2.67. The first-order valence-electron chi connectivity index (χ1n) is 9.50. The second-order valence-electron chi connectivity index (χ2n) is 7.70. The highest BCUT2D eigenvalue weighted by Crippen LogP contribution is 2.20. The molecule has 2 aromatic rings. The average molecular weight is 431 g/mol. The molecule has 0 aromatic heterocycles.